The molecular weight excluding hydrogens is 446 g/mol. The first-order chi connectivity index (χ1) is 15.7. The molecule has 1 aromatic carbocycles. The third kappa shape index (κ3) is 6.77. The lowest BCUT2D eigenvalue weighted by atomic mass is 10.1. The van der Waals surface area contributed by atoms with Gasteiger partial charge in [-0.25, -0.2) is 15.0 Å². The molecule has 1 fully saturated rings. The minimum absolute atomic E-state index is 0.0498. The second kappa shape index (κ2) is 10.9. The first-order valence-corrected chi connectivity index (χ1v) is 10.8. The minimum Gasteiger partial charge on any atom is -0.382 e. The zero-order chi connectivity index (χ0) is 24.0. The number of anilines is 2. The molecule has 176 valence electrons. The Hall–Kier alpha value is -3.44. The molecule has 0 saturated carbocycles. The number of likely N-dealkylation sites (tertiary alicyclic amines) is 1. The van der Waals surface area contributed by atoms with E-state index in [9.17, 15) is 9.59 Å². The first-order valence-electron chi connectivity index (χ1n) is 10.5. The highest BCUT2D eigenvalue weighted by Gasteiger charge is 2.23. The Morgan fingerprint density at radius 2 is 1.85 bits per heavy atom. The Balaban J connectivity index is 1.46. The number of nitrogens with zero attached hydrogens (tertiary/aromatic N) is 5. The lowest BCUT2D eigenvalue weighted by Gasteiger charge is -2.31. The van der Waals surface area contributed by atoms with Gasteiger partial charge in [0.2, 0.25) is 5.91 Å². The largest absolute Gasteiger partial charge is 0.382 e. The molecule has 2 heterocycles. The van der Waals surface area contributed by atoms with Gasteiger partial charge in [-0.2, -0.15) is 0 Å². The minimum atomic E-state index is -0.673. The maximum atomic E-state index is 12.6. The molecule has 0 aliphatic carbocycles. The Bertz CT molecular complexity index is 1020. The molecule has 33 heavy (non-hydrogen) atoms. The van der Waals surface area contributed by atoms with Gasteiger partial charge in [-0.15, -0.1) is 0 Å². The van der Waals surface area contributed by atoms with Crippen LogP contribution in [-0.2, 0) is 11.3 Å². The number of amides is 2. The normalized spacial score (nSPS) is 15.3. The number of carbonyl (C=O) groups excluding carboxylic acids is 2. The number of hydrogen-bond acceptors (Lipinski definition) is 8. The summed E-state index contributed by atoms with van der Waals surface area (Å²) >= 11 is 5.80. The Morgan fingerprint density at radius 1 is 1.18 bits per heavy atom. The van der Waals surface area contributed by atoms with Crippen molar-refractivity contribution in [3.63, 3.8) is 0 Å². The van der Waals surface area contributed by atoms with Crippen LogP contribution in [0.3, 0.4) is 0 Å². The van der Waals surface area contributed by atoms with Gasteiger partial charge in [-0.1, -0.05) is 41.9 Å². The van der Waals surface area contributed by atoms with Crippen LogP contribution in [0.15, 0.2) is 35.3 Å². The summed E-state index contributed by atoms with van der Waals surface area (Å²) in [4.78, 5) is 40.7. The van der Waals surface area contributed by atoms with Gasteiger partial charge < -0.3 is 22.1 Å². The van der Waals surface area contributed by atoms with E-state index in [0.29, 0.717) is 39.0 Å². The van der Waals surface area contributed by atoms with Crippen molar-refractivity contribution in [1.82, 2.24) is 25.1 Å². The number of hydrogen-bond donors (Lipinski definition) is 4. The quantitative estimate of drug-likeness (QED) is 0.346. The van der Waals surface area contributed by atoms with Crippen molar-refractivity contribution in [1.29, 1.82) is 0 Å². The van der Waals surface area contributed by atoms with Gasteiger partial charge in [-0.05, 0) is 18.4 Å². The number of carbonyl (C=O) groups is 2. The van der Waals surface area contributed by atoms with E-state index in [1.54, 1.807) is 11.9 Å². The molecule has 0 atom stereocenters. The highest BCUT2D eigenvalue weighted by molar-refractivity contribution is 6.31. The zero-order valence-electron chi connectivity index (χ0n) is 18.4. The molecule has 0 radical (unpaired) electrons. The van der Waals surface area contributed by atoms with Gasteiger partial charge in [0.05, 0.1) is 12.6 Å². The second-order valence-corrected chi connectivity index (χ2v) is 8.20. The molecule has 11 nitrogen and oxygen atoms in total. The smallest absolute Gasteiger partial charge is 0.280 e. The van der Waals surface area contributed by atoms with Crippen LogP contribution < -0.4 is 22.5 Å². The molecule has 0 spiro atoms. The lowest BCUT2D eigenvalue weighted by Crippen LogP contribution is -2.44. The molecule has 2 amide bonds. The number of nitrogens with two attached hydrogens (primary N) is 3. The number of benzene rings is 1. The number of nitrogens with one attached hydrogen (secondary N) is 1. The van der Waals surface area contributed by atoms with Crippen LogP contribution >= 0.6 is 11.6 Å². The molecule has 0 bridgehead atoms. The number of aliphatic imine (C=N–C) groups is 1. The summed E-state index contributed by atoms with van der Waals surface area (Å²) in [6, 6.07) is 9.80. The summed E-state index contributed by atoms with van der Waals surface area (Å²) in [6.07, 6.45) is 1.42. The predicted molar refractivity (Wildman–Crippen MR) is 127 cm³/mol. The molecule has 1 aliphatic rings. The van der Waals surface area contributed by atoms with Gasteiger partial charge >= 0.3 is 0 Å². The fourth-order valence-corrected chi connectivity index (χ4v) is 3.60. The molecule has 2 aromatic rings. The van der Waals surface area contributed by atoms with Gasteiger partial charge in [0.1, 0.15) is 0 Å². The second-order valence-electron chi connectivity index (χ2n) is 7.84. The lowest BCUT2D eigenvalue weighted by molar-refractivity contribution is -0.131. The van der Waals surface area contributed by atoms with Crippen LogP contribution in [0.4, 0.5) is 11.6 Å². The first kappa shape index (κ1) is 24.2. The number of nitrogen functional groups attached to an aromatic ring is 2. The van der Waals surface area contributed by atoms with Gasteiger partial charge in [0.25, 0.3) is 5.91 Å². The summed E-state index contributed by atoms with van der Waals surface area (Å²) < 4.78 is 0. The molecule has 0 unspecified atom stereocenters. The van der Waals surface area contributed by atoms with E-state index in [1.165, 1.54) is 0 Å². The number of aromatic nitrogens is 2. The van der Waals surface area contributed by atoms with Crippen LogP contribution in [0.2, 0.25) is 5.15 Å². The predicted octanol–water partition coefficient (Wildman–Crippen LogP) is 0.462. The van der Waals surface area contributed by atoms with Crippen LogP contribution in [0.5, 0.6) is 0 Å². The molecule has 1 aliphatic heterocycles. The maximum Gasteiger partial charge on any atom is 0.280 e. The van der Waals surface area contributed by atoms with Crippen LogP contribution in [0, 0.1) is 0 Å². The van der Waals surface area contributed by atoms with E-state index in [2.05, 4.69) is 25.2 Å². The van der Waals surface area contributed by atoms with Crippen molar-refractivity contribution in [3.05, 3.63) is 46.7 Å². The topological polar surface area (TPSA) is 169 Å². The number of piperidine rings is 1. The van der Waals surface area contributed by atoms with E-state index in [4.69, 9.17) is 28.8 Å². The summed E-state index contributed by atoms with van der Waals surface area (Å²) in [6.45, 7) is 2.32. The summed E-state index contributed by atoms with van der Waals surface area (Å²) in [5, 5.41) is 2.32. The van der Waals surface area contributed by atoms with Crippen LogP contribution in [0.25, 0.3) is 0 Å². The third-order valence-corrected chi connectivity index (χ3v) is 5.57. The van der Waals surface area contributed by atoms with E-state index in [0.717, 1.165) is 5.56 Å². The maximum absolute atomic E-state index is 12.6. The van der Waals surface area contributed by atoms with Crippen molar-refractivity contribution in [3.8, 4) is 0 Å². The molecule has 7 N–H and O–H groups in total. The number of halogens is 1. The van der Waals surface area contributed by atoms with Crippen LogP contribution in [0.1, 0.15) is 28.9 Å². The van der Waals surface area contributed by atoms with Crippen molar-refractivity contribution in [2.24, 2.45) is 10.7 Å². The highest BCUT2D eigenvalue weighted by Crippen LogP contribution is 2.17. The average molecular weight is 474 g/mol. The average Bonchev–Trinajstić information content (AvgIpc) is 2.78. The standard InChI is InChI=1S/C21H28ClN9O2/c1-30(11-13-5-3-2-4-6-13)15(32)12-31-9-7-14(8-10-31)26-21(25)29-20(33)16-18(23)28-19(24)17(22)27-16/h2-6,14H,7-12H2,1H3,(H4,23,24,28)(H3,25,26,29,33). The zero-order valence-corrected chi connectivity index (χ0v) is 19.1. The van der Waals surface area contributed by atoms with E-state index in [-0.39, 0.29) is 40.4 Å². The Labute approximate surface area is 197 Å². The molecule has 12 heteroatoms. The Kier molecular flexibility index (Phi) is 8.01. The van der Waals surface area contributed by atoms with Gasteiger partial charge in [-0.3, -0.25) is 19.8 Å². The molecule has 1 saturated heterocycles. The summed E-state index contributed by atoms with van der Waals surface area (Å²) in [7, 11) is 1.81. The van der Waals surface area contributed by atoms with E-state index < -0.39 is 5.91 Å². The monoisotopic (exact) mass is 473 g/mol. The number of rotatable bonds is 6. The Morgan fingerprint density at radius 3 is 2.52 bits per heavy atom. The van der Waals surface area contributed by atoms with E-state index >= 15 is 0 Å². The van der Waals surface area contributed by atoms with Crippen molar-refractivity contribution >= 4 is 41.0 Å². The third-order valence-electron chi connectivity index (χ3n) is 5.29. The fraction of sp³-hybridized carbons (Fsp3) is 0.381. The highest BCUT2D eigenvalue weighted by atomic mass is 35.5. The SMILES string of the molecule is CN(Cc1ccccc1)C(=O)CN1CCC(N=C(N)NC(=O)c2nc(Cl)c(N)nc2N)CC1. The van der Waals surface area contributed by atoms with Gasteiger partial charge in [0.15, 0.2) is 28.4 Å². The molecular formula is C21H28ClN9O2. The number of guanidine groups is 1. The summed E-state index contributed by atoms with van der Waals surface area (Å²) in [5.74, 6) is -0.881. The number of likely N-dealkylation sites (N-methyl/N-ethyl adjacent to an activating group) is 1. The fourth-order valence-electron chi connectivity index (χ4n) is 3.48. The van der Waals surface area contributed by atoms with Crippen molar-refractivity contribution in [2.75, 3.05) is 38.1 Å². The van der Waals surface area contributed by atoms with E-state index in [1.807, 2.05) is 30.3 Å². The van der Waals surface area contributed by atoms with Crippen molar-refractivity contribution < 1.29 is 9.59 Å². The summed E-state index contributed by atoms with van der Waals surface area (Å²) in [5.41, 5.74) is 18.0. The van der Waals surface area contributed by atoms with Gasteiger partial charge in [0, 0.05) is 26.7 Å². The molecule has 1 aromatic heterocycles. The molecule has 3 rings (SSSR count). The van der Waals surface area contributed by atoms with Crippen molar-refractivity contribution in [2.45, 2.75) is 25.4 Å². The van der Waals surface area contributed by atoms with Crippen LogP contribution in [-0.4, -0.2) is 70.3 Å².